The van der Waals surface area contributed by atoms with Crippen LogP contribution in [0.15, 0.2) is 5.38 Å². The fourth-order valence-corrected chi connectivity index (χ4v) is 2.72. The Hall–Kier alpha value is -0.450. The van der Waals surface area contributed by atoms with Crippen LogP contribution in [0.3, 0.4) is 0 Å². The zero-order valence-corrected chi connectivity index (χ0v) is 10.8. The number of rotatable bonds is 5. The Bertz CT molecular complexity index is 321. The van der Waals surface area contributed by atoms with Crippen molar-refractivity contribution >= 4 is 11.3 Å². The van der Waals surface area contributed by atoms with Gasteiger partial charge in [0, 0.05) is 24.6 Å². The maximum absolute atomic E-state index is 5.36. The van der Waals surface area contributed by atoms with Crippen molar-refractivity contribution < 1.29 is 4.74 Å². The van der Waals surface area contributed by atoms with E-state index in [9.17, 15) is 0 Å². The molecule has 3 nitrogen and oxygen atoms in total. The van der Waals surface area contributed by atoms with E-state index in [1.165, 1.54) is 17.1 Å². The second kappa shape index (κ2) is 5.75. The van der Waals surface area contributed by atoms with Crippen LogP contribution >= 0.6 is 11.3 Å². The summed E-state index contributed by atoms with van der Waals surface area (Å²) in [5.74, 6) is 0.687. The molecule has 1 fully saturated rings. The summed E-state index contributed by atoms with van der Waals surface area (Å²) in [7, 11) is 0. The minimum atomic E-state index is 0.358. The molecule has 0 amide bonds. The fourth-order valence-electron chi connectivity index (χ4n) is 1.88. The quantitative estimate of drug-likeness (QED) is 0.858. The van der Waals surface area contributed by atoms with Gasteiger partial charge in [0.1, 0.15) is 0 Å². The highest BCUT2D eigenvalue weighted by Gasteiger charge is 2.17. The molecular formula is C12H20N2OS. The third-order valence-corrected chi connectivity index (χ3v) is 4.06. The van der Waals surface area contributed by atoms with Gasteiger partial charge in [0.05, 0.1) is 17.3 Å². The van der Waals surface area contributed by atoms with Gasteiger partial charge in [0.2, 0.25) is 0 Å². The summed E-state index contributed by atoms with van der Waals surface area (Å²) in [6.07, 6.45) is 2.23. The molecular weight excluding hydrogens is 220 g/mol. The molecule has 1 N–H and O–H groups in total. The second-order valence-corrected chi connectivity index (χ2v) is 5.32. The number of aromatic nitrogens is 1. The molecule has 1 saturated heterocycles. The molecule has 1 aromatic heterocycles. The van der Waals surface area contributed by atoms with E-state index in [1.807, 2.05) is 0 Å². The van der Waals surface area contributed by atoms with Gasteiger partial charge in [-0.05, 0) is 25.7 Å². The third kappa shape index (κ3) is 3.03. The summed E-state index contributed by atoms with van der Waals surface area (Å²) in [5.41, 5.74) is 1.18. The highest BCUT2D eigenvalue weighted by Crippen LogP contribution is 2.18. The lowest BCUT2D eigenvalue weighted by Crippen LogP contribution is -2.26. The minimum Gasteiger partial charge on any atom is -0.381 e. The molecule has 0 spiro atoms. The zero-order valence-electron chi connectivity index (χ0n) is 10.0. The largest absolute Gasteiger partial charge is 0.381 e. The van der Waals surface area contributed by atoms with Crippen LogP contribution in [0.1, 0.15) is 37.0 Å². The predicted octanol–water partition coefficient (Wildman–Crippen LogP) is 2.39. The Balaban J connectivity index is 1.80. The molecule has 1 aliphatic rings. The van der Waals surface area contributed by atoms with Gasteiger partial charge in [-0.1, -0.05) is 6.92 Å². The SMILES string of the molecule is CCc1nc(C(C)NCC2CCOC2)cs1. The molecule has 4 heteroatoms. The Kier molecular flexibility index (Phi) is 4.32. The van der Waals surface area contributed by atoms with Crippen LogP contribution < -0.4 is 5.32 Å². The van der Waals surface area contributed by atoms with Crippen LogP contribution in [0, 0.1) is 5.92 Å². The first-order chi connectivity index (χ1) is 7.79. The van der Waals surface area contributed by atoms with Gasteiger partial charge in [0.15, 0.2) is 0 Å². The molecule has 0 saturated carbocycles. The monoisotopic (exact) mass is 240 g/mol. The maximum Gasteiger partial charge on any atom is 0.0926 e. The fraction of sp³-hybridized carbons (Fsp3) is 0.750. The summed E-state index contributed by atoms with van der Waals surface area (Å²) in [5, 5.41) is 6.94. The standard InChI is InChI=1S/C12H20N2OS/c1-3-12-14-11(8-16-12)9(2)13-6-10-4-5-15-7-10/h8-10,13H,3-7H2,1-2H3. The lowest BCUT2D eigenvalue weighted by Gasteiger charge is -2.14. The van der Waals surface area contributed by atoms with Gasteiger partial charge >= 0.3 is 0 Å². The number of aryl methyl sites for hydroxylation is 1. The van der Waals surface area contributed by atoms with Crippen molar-refractivity contribution in [3.8, 4) is 0 Å². The lowest BCUT2D eigenvalue weighted by molar-refractivity contribution is 0.184. The Morgan fingerprint density at radius 3 is 3.19 bits per heavy atom. The topological polar surface area (TPSA) is 34.2 Å². The third-order valence-electron chi connectivity index (χ3n) is 3.05. The van der Waals surface area contributed by atoms with Crippen molar-refractivity contribution in [1.82, 2.24) is 10.3 Å². The van der Waals surface area contributed by atoms with E-state index in [0.29, 0.717) is 12.0 Å². The lowest BCUT2D eigenvalue weighted by atomic mass is 10.1. The van der Waals surface area contributed by atoms with E-state index < -0.39 is 0 Å². The zero-order chi connectivity index (χ0) is 11.4. The number of hydrogen-bond acceptors (Lipinski definition) is 4. The summed E-state index contributed by atoms with van der Waals surface area (Å²) >= 11 is 1.76. The number of ether oxygens (including phenoxy) is 1. The van der Waals surface area contributed by atoms with Crippen LogP contribution in [0.2, 0.25) is 0 Å². The van der Waals surface area contributed by atoms with Crippen LogP contribution in [0.25, 0.3) is 0 Å². The minimum absolute atomic E-state index is 0.358. The smallest absolute Gasteiger partial charge is 0.0926 e. The van der Waals surface area contributed by atoms with Crippen LogP contribution in [-0.4, -0.2) is 24.7 Å². The van der Waals surface area contributed by atoms with Gasteiger partial charge in [-0.25, -0.2) is 4.98 Å². The first kappa shape index (κ1) is 12.0. The summed E-state index contributed by atoms with van der Waals surface area (Å²) < 4.78 is 5.36. The first-order valence-corrected chi connectivity index (χ1v) is 6.93. The Morgan fingerprint density at radius 1 is 1.69 bits per heavy atom. The van der Waals surface area contributed by atoms with Crippen molar-refractivity contribution in [2.45, 2.75) is 32.7 Å². The van der Waals surface area contributed by atoms with E-state index in [2.05, 4.69) is 29.5 Å². The van der Waals surface area contributed by atoms with Gasteiger partial charge in [0.25, 0.3) is 0 Å². The number of thiazole rings is 1. The van der Waals surface area contributed by atoms with Crippen molar-refractivity contribution in [3.05, 3.63) is 16.1 Å². The van der Waals surface area contributed by atoms with Crippen molar-refractivity contribution in [2.75, 3.05) is 19.8 Å². The molecule has 1 aromatic rings. The average molecular weight is 240 g/mol. The predicted molar refractivity (Wildman–Crippen MR) is 66.8 cm³/mol. The molecule has 2 rings (SSSR count). The Labute approximate surface area is 101 Å². The molecule has 2 unspecified atom stereocenters. The molecule has 2 heterocycles. The number of hydrogen-bond donors (Lipinski definition) is 1. The van der Waals surface area contributed by atoms with Gasteiger partial charge < -0.3 is 10.1 Å². The molecule has 16 heavy (non-hydrogen) atoms. The van der Waals surface area contributed by atoms with Crippen molar-refractivity contribution in [1.29, 1.82) is 0 Å². The van der Waals surface area contributed by atoms with E-state index in [4.69, 9.17) is 4.74 Å². The van der Waals surface area contributed by atoms with Gasteiger partial charge in [-0.15, -0.1) is 11.3 Å². The molecule has 2 atom stereocenters. The van der Waals surface area contributed by atoms with E-state index in [1.54, 1.807) is 11.3 Å². The van der Waals surface area contributed by atoms with Crippen molar-refractivity contribution in [3.63, 3.8) is 0 Å². The maximum atomic E-state index is 5.36. The summed E-state index contributed by atoms with van der Waals surface area (Å²) in [6, 6.07) is 0.358. The first-order valence-electron chi connectivity index (χ1n) is 6.05. The van der Waals surface area contributed by atoms with Crippen LogP contribution in [0.5, 0.6) is 0 Å². The highest BCUT2D eigenvalue weighted by molar-refractivity contribution is 7.09. The summed E-state index contributed by atoms with van der Waals surface area (Å²) in [6.45, 7) is 7.22. The molecule has 90 valence electrons. The normalized spacial score (nSPS) is 22.5. The van der Waals surface area contributed by atoms with Gasteiger partial charge in [-0.2, -0.15) is 0 Å². The van der Waals surface area contributed by atoms with Crippen LogP contribution in [-0.2, 0) is 11.2 Å². The van der Waals surface area contributed by atoms with E-state index in [-0.39, 0.29) is 0 Å². The highest BCUT2D eigenvalue weighted by atomic mass is 32.1. The summed E-state index contributed by atoms with van der Waals surface area (Å²) in [4.78, 5) is 4.60. The van der Waals surface area contributed by atoms with Crippen LogP contribution in [0.4, 0.5) is 0 Å². The number of nitrogens with one attached hydrogen (secondary N) is 1. The van der Waals surface area contributed by atoms with E-state index >= 15 is 0 Å². The van der Waals surface area contributed by atoms with Crippen molar-refractivity contribution in [2.24, 2.45) is 5.92 Å². The number of nitrogens with zero attached hydrogens (tertiary/aromatic N) is 1. The molecule has 0 radical (unpaired) electrons. The average Bonchev–Trinajstić information content (AvgIpc) is 2.96. The molecule has 0 bridgehead atoms. The molecule has 0 aromatic carbocycles. The molecule has 0 aliphatic carbocycles. The van der Waals surface area contributed by atoms with Gasteiger partial charge in [-0.3, -0.25) is 0 Å². The van der Waals surface area contributed by atoms with E-state index in [0.717, 1.165) is 26.2 Å². The Morgan fingerprint density at radius 2 is 2.56 bits per heavy atom. The second-order valence-electron chi connectivity index (χ2n) is 4.38. The molecule has 1 aliphatic heterocycles.